The van der Waals surface area contributed by atoms with Crippen molar-refractivity contribution in [2.24, 2.45) is 5.92 Å². The molecule has 0 unspecified atom stereocenters. The quantitative estimate of drug-likeness (QED) is 0.592. The fourth-order valence-corrected chi connectivity index (χ4v) is 5.50. The molecule has 0 radical (unpaired) electrons. The Kier molecular flexibility index (Phi) is 7.55. The van der Waals surface area contributed by atoms with E-state index in [1.807, 2.05) is 6.92 Å². The van der Waals surface area contributed by atoms with Crippen LogP contribution in [0, 0.1) is 12.8 Å². The third kappa shape index (κ3) is 5.29. The van der Waals surface area contributed by atoms with E-state index in [2.05, 4.69) is 10.6 Å². The molecule has 1 aromatic rings. The van der Waals surface area contributed by atoms with E-state index in [1.54, 1.807) is 19.1 Å². The molecule has 1 aromatic carbocycles. The molecular formula is C22H29N3O6S. The van der Waals surface area contributed by atoms with E-state index < -0.39 is 39.8 Å². The number of nitrogens with zero attached hydrogens (tertiary/aromatic N) is 1. The van der Waals surface area contributed by atoms with E-state index in [-0.39, 0.29) is 23.9 Å². The fraction of sp³-hybridized carbons (Fsp3) is 0.500. The molecule has 10 heteroatoms. The summed E-state index contributed by atoms with van der Waals surface area (Å²) in [5, 5.41) is 5.30. The van der Waals surface area contributed by atoms with Gasteiger partial charge in [-0.2, -0.15) is 0 Å². The third-order valence-electron chi connectivity index (χ3n) is 5.73. The second kappa shape index (κ2) is 10.2. The zero-order valence-corrected chi connectivity index (χ0v) is 19.1. The molecule has 0 saturated heterocycles. The maximum Gasteiger partial charge on any atom is 0.311 e. The first-order chi connectivity index (χ1) is 15.2. The van der Waals surface area contributed by atoms with Gasteiger partial charge in [0.15, 0.2) is 0 Å². The Hall–Kier alpha value is -2.88. The molecule has 1 aliphatic carbocycles. The lowest BCUT2D eigenvalue weighted by molar-refractivity contribution is -0.150. The number of rotatable bonds is 7. The number of carbonyl (C=O) groups is 3. The Morgan fingerprint density at radius 3 is 2.56 bits per heavy atom. The van der Waals surface area contributed by atoms with E-state index in [1.165, 1.54) is 24.5 Å². The van der Waals surface area contributed by atoms with Gasteiger partial charge < -0.3 is 15.4 Å². The molecule has 0 aromatic heterocycles. The van der Waals surface area contributed by atoms with Gasteiger partial charge in [-0.1, -0.05) is 30.5 Å². The first-order valence-corrected chi connectivity index (χ1v) is 12.2. The number of sulfonamides is 1. The van der Waals surface area contributed by atoms with Crippen LogP contribution in [0.1, 0.15) is 44.6 Å². The van der Waals surface area contributed by atoms with Crippen molar-refractivity contribution in [3.05, 3.63) is 42.2 Å². The largest absolute Gasteiger partial charge is 0.466 e. The standard InChI is InChI=1S/C22H29N3O6S/c1-3-31-22(28)17-6-4-5-7-18(17)24-20(26)14-19-21(27)23-12-13-25(19)32(29,30)16-10-8-15(2)9-11-16/h8-13,17-19H,3-7,14H2,1-2H3,(H,23,27)(H,24,26)/t17-,18+,19+/m0/s1. The molecule has 9 nitrogen and oxygen atoms in total. The fourth-order valence-electron chi connectivity index (χ4n) is 4.05. The van der Waals surface area contributed by atoms with Gasteiger partial charge in [-0.25, -0.2) is 8.42 Å². The number of aryl methyl sites for hydroxylation is 1. The van der Waals surface area contributed by atoms with Crippen LogP contribution in [0.4, 0.5) is 0 Å². The van der Waals surface area contributed by atoms with Crippen molar-refractivity contribution >= 4 is 27.8 Å². The molecule has 32 heavy (non-hydrogen) atoms. The monoisotopic (exact) mass is 463 g/mol. The van der Waals surface area contributed by atoms with E-state index in [9.17, 15) is 22.8 Å². The molecule has 1 heterocycles. The van der Waals surface area contributed by atoms with Crippen molar-refractivity contribution in [3.63, 3.8) is 0 Å². The van der Waals surface area contributed by atoms with Crippen molar-refractivity contribution in [2.75, 3.05) is 6.61 Å². The molecule has 1 fully saturated rings. The summed E-state index contributed by atoms with van der Waals surface area (Å²) in [7, 11) is -4.04. The lowest BCUT2D eigenvalue weighted by Crippen LogP contribution is -2.52. The summed E-state index contributed by atoms with van der Waals surface area (Å²) in [6.45, 7) is 3.83. The number of esters is 1. The average Bonchev–Trinajstić information content (AvgIpc) is 2.76. The predicted molar refractivity (Wildman–Crippen MR) is 116 cm³/mol. The Bertz CT molecular complexity index is 989. The van der Waals surface area contributed by atoms with Gasteiger partial charge in [-0.3, -0.25) is 18.7 Å². The van der Waals surface area contributed by atoms with Crippen molar-refractivity contribution < 1.29 is 27.5 Å². The minimum atomic E-state index is -4.04. The van der Waals surface area contributed by atoms with Crippen molar-refractivity contribution in [1.82, 2.24) is 14.9 Å². The lowest BCUT2D eigenvalue weighted by atomic mass is 9.84. The van der Waals surface area contributed by atoms with Gasteiger partial charge in [0.2, 0.25) is 11.8 Å². The van der Waals surface area contributed by atoms with Crippen LogP contribution < -0.4 is 10.6 Å². The zero-order chi connectivity index (χ0) is 23.3. The van der Waals surface area contributed by atoms with Crippen LogP contribution in [-0.2, 0) is 29.1 Å². The molecule has 3 rings (SSSR count). The van der Waals surface area contributed by atoms with Crippen molar-refractivity contribution in [1.29, 1.82) is 0 Å². The summed E-state index contributed by atoms with van der Waals surface area (Å²) in [5.41, 5.74) is 0.899. The lowest BCUT2D eigenvalue weighted by Gasteiger charge is -2.33. The normalized spacial score (nSPS) is 23.4. The summed E-state index contributed by atoms with van der Waals surface area (Å²) in [6.07, 6.45) is 5.09. The second-order valence-electron chi connectivity index (χ2n) is 8.01. The highest BCUT2D eigenvalue weighted by Crippen LogP contribution is 2.27. The second-order valence-corrected chi connectivity index (χ2v) is 9.85. The minimum absolute atomic E-state index is 0.0301. The smallest absolute Gasteiger partial charge is 0.311 e. The molecule has 3 atom stereocenters. The molecule has 1 saturated carbocycles. The molecule has 0 bridgehead atoms. The number of hydrogen-bond donors (Lipinski definition) is 2. The Labute approximate surface area is 188 Å². The Balaban J connectivity index is 1.75. The number of amides is 2. The molecule has 0 spiro atoms. The Morgan fingerprint density at radius 1 is 1.19 bits per heavy atom. The average molecular weight is 464 g/mol. The molecule has 174 valence electrons. The molecular weight excluding hydrogens is 434 g/mol. The summed E-state index contributed by atoms with van der Waals surface area (Å²) in [4.78, 5) is 37.6. The highest BCUT2D eigenvalue weighted by atomic mass is 32.2. The maximum absolute atomic E-state index is 13.1. The van der Waals surface area contributed by atoms with E-state index >= 15 is 0 Å². The van der Waals surface area contributed by atoms with Gasteiger partial charge in [0.25, 0.3) is 10.0 Å². The number of hydrogen-bond acceptors (Lipinski definition) is 6. The highest BCUT2D eigenvalue weighted by Gasteiger charge is 2.38. The number of ether oxygens (including phenoxy) is 1. The van der Waals surface area contributed by atoms with Crippen LogP contribution in [-0.4, -0.2) is 49.2 Å². The zero-order valence-electron chi connectivity index (χ0n) is 18.2. The van der Waals surface area contributed by atoms with Crippen LogP contribution in [0.5, 0.6) is 0 Å². The van der Waals surface area contributed by atoms with Crippen LogP contribution in [0.3, 0.4) is 0 Å². The van der Waals surface area contributed by atoms with Gasteiger partial charge in [-0.05, 0) is 38.8 Å². The minimum Gasteiger partial charge on any atom is -0.466 e. The summed E-state index contributed by atoms with van der Waals surface area (Å²) in [6, 6.07) is 4.62. The summed E-state index contributed by atoms with van der Waals surface area (Å²) < 4.78 is 32.3. The molecule has 2 aliphatic rings. The maximum atomic E-state index is 13.1. The van der Waals surface area contributed by atoms with E-state index in [0.29, 0.717) is 12.8 Å². The van der Waals surface area contributed by atoms with Gasteiger partial charge in [0.1, 0.15) is 6.04 Å². The first kappa shape index (κ1) is 23.8. The number of nitrogens with one attached hydrogen (secondary N) is 2. The van der Waals surface area contributed by atoms with Crippen LogP contribution >= 0.6 is 0 Å². The third-order valence-corrected chi connectivity index (χ3v) is 7.53. The van der Waals surface area contributed by atoms with Crippen molar-refractivity contribution in [3.8, 4) is 0 Å². The van der Waals surface area contributed by atoms with Crippen LogP contribution in [0.25, 0.3) is 0 Å². The van der Waals surface area contributed by atoms with E-state index in [4.69, 9.17) is 4.74 Å². The molecule has 2 N–H and O–H groups in total. The van der Waals surface area contributed by atoms with Gasteiger partial charge in [0, 0.05) is 18.4 Å². The number of benzene rings is 1. The number of carbonyl (C=O) groups excluding carboxylic acids is 3. The van der Waals surface area contributed by atoms with Gasteiger partial charge in [0.05, 0.1) is 23.8 Å². The Morgan fingerprint density at radius 2 is 1.88 bits per heavy atom. The first-order valence-electron chi connectivity index (χ1n) is 10.8. The van der Waals surface area contributed by atoms with Crippen molar-refractivity contribution in [2.45, 2.75) is 62.9 Å². The highest BCUT2D eigenvalue weighted by molar-refractivity contribution is 7.89. The molecule has 1 aliphatic heterocycles. The SMILES string of the molecule is CCOC(=O)[C@H]1CCCC[C@H]1NC(=O)C[C@@H]1C(=O)NC=CN1S(=O)(=O)c1ccc(C)cc1. The van der Waals surface area contributed by atoms with Gasteiger partial charge in [-0.15, -0.1) is 0 Å². The summed E-state index contributed by atoms with van der Waals surface area (Å²) >= 11 is 0. The van der Waals surface area contributed by atoms with Gasteiger partial charge >= 0.3 is 5.97 Å². The topological polar surface area (TPSA) is 122 Å². The van der Waals surface area contributed by atoms with E-state index in [0.717, 1.165) is 22.7 Å². The summed E-state index contributed by atoms with van der Waals surface area (Å²) in [5.74, 6) is -1.88. The van der Waals surface area contributed by atoms with Crippen LogP contribution in [0.2, 0.25) is 0 Å². The predicted octanol–water partition coefficient (Wildman–Crippen LogP) is 1.58. The van der Waals surface area contributed by atoms with Crippen LogP contribution in [0.15, 0.2) is 41.6 Å². The molecule has 2 amide bonds.